The van der Waals surface area contributed by atoms with Crippen LogP contribution < -0.4 is 15.4 Å². The van der Waals surface area contributed by atoms with Crippen molar-refractivity contribution in [3.63, 3.8) is 0 Å². The van der Waals surface area contributed by atoms with Crippen LogP contribution in [0.25, 0.3) is 22.8 Å². The molecule has 0 saturated heterocycles. The molecule has 0 aliphatic heterocycles. The molecule has 0 unspecified atom stereocenters. The minimum absolute atomic E-state index is 0.0816. The predicted molar refractivity (Wildman–Crippen MR) is 151 cm³/mol. The molecular weight excluding hydrogens is 547 g/mol. The fourth-order valence-electron chi connectivity index (χ4n) is 4.32. The van der Waals surface area contributed by atoms with Crippen LogP contribution in [0.3, 0.4) is 0 Å². The number of amides is 2. The van der Waals surface area contributed by atoms with Gasteiger partial charge in [-0.1, -0.05) is 48.5 Å². The highest BCUT2D eigenvalue weighted by atomic mass is 19.4. The maximum absolute atomic E-state index is 13.4. The molecule has 0 aliphatic rings. The number of para-hydroxylation sites is 1. The van der Waals surface area contributed by atoms with Crippen molar-refractivity contribution in [1.82, 2.24) is 10.3 Å². The van der Waals surface area contributed by atoms with Crippen LogP contribution >= 0.6 is 0 Å². The van der Waals surface area contributed by atoms with Crippen molar-refractivity contribution < 1.29 is 31.9 Å². The lowest BCUT2D eigenvalue weighted by Crippen LogP contribution is -2.25. The molecule has 0 atom stereocenters. The summed E-state index contributed by atoms with van der Waals surface area (Å²) >= 11 is 0. The maximum Gasteiger partial charge on any atom is 0.416 e. The number of methoxy groups -OCH3 is 1. The van der Waals surface area contributed by atoms with Gasteiger partial charge in [0.05, 0.1) is 18.2 Å². The summed E-state index contributed by atoms with van der Waals surface area (Å²) in [5.74, 6) is -0.361. The van der Waals surface area contributed by atoms with Crippen LogP contribution in [0, 0.1) is 0 Å². The largest absolute Gasteiger partial charge is 0.496 e. The molecule has 5 aromatic rings. The number of nitrogens with one attached hydrogen (secondary N) is 2. The third-order valence-corrected chi connectivity index (χ3v) is 6.38. The number of hydrogen-bond acceptors (Lipinski definition) is 5. The minimum Gasteiger partial charge on any atom is -0.496 e. The Hall–Kier alpha value is -5.38. The molecule has 5 rings (SSSR count). The summed E-state index contributed by atoms with van der Waals surface area (Å²) in [6.45, 7) is -0.366. The Kier molecular flexibility index (Phi) is 8.05. The highest BCUT2D eigenvalue weighted by Crippen LogP contribution is 2.33. The van der Waals surface area contributed by atoms with Crippen molar-refractivity contribution in [2.75, 3.05) is 12.4 Å². The molecule has 0 saturated carbocycles. The standard InChI is InChI=1S/C32H24F3N3O4/c1-41-26-14-8-6-12-24(26)29(39)37-23-17-15-20(16-18-23)28-27(38-31(42-28)21-9-3-2-4-10-21)30(40)36-19-22-11-5-7-13-25(22)32(33,34)35/h2-18H,19H2,1H3,(H,36,40)(H,37,39). The number of halogens is 3. The van der Waals surface area contributed by atoms with Crippen molar-refractivity contribution in [2.45, 2.75) is 12.7 Å². The van der Waals surface area contributed by atoms with Gasteiger partial charge < -0.3 is 19.8 Å². The van der Waals surface area contributed by atoms with Crippen LogP contribution in [0.15, 0.2) is 108 Å². The van der Waals surface area contributed by atoms with Crippen LogP contribution in [-0.4, -0.2) is 23.9 Å². The van der Waals surface area contributed by atoms with Crippen LogP contribution in [0.2, 0.25) is 0 Å². The number of benzene rings is 4. The zero-order valence-electron chi connectivity index (χ0n) is 22.2. The Morgan fingerprint density at radius 2 is 1.48 bits per heavy atom. The molecule has 2 N–H and O–H groups in total. The molecule has 1 aromatic heterocycles. The summed E-state index contributed by atoms with van der Waals surface area (Å²) in [6.07, 6.45) is -4.57. The van der Waals surface area contributed by atoms with Gasteiger partial charge in [-0.3, -0.25) is 9.59 Å². The Morgan fingerprint density at radius 1 is 0.810 bits per heavy atom. The van der Waals surface area contributed by atoms with E-state index in [2.05, 4.69) is 15.6 Å². The van der Waals surface area contributed by atoms with Gasteiger partial charge in [0.2, 0.25) is 5.89 Å². The Balaban J connectivity index is 1.42. The van der Waals surface area contributed by atoms with Crippen LogP contribution in [0.1, 0.15) is 32.0 Å². The lowest BCUT2D eigenvalue weighted by Gasteiger charge is -2.13. The number of oxazole rings is 1. The molecule has 1 heterocycles. The third-order valence-electron chi connectivity index (χ3n) is 6.38. The molecule has 0 radical (unpaired) electrons. The number of nitrogens with zero attached hydrogens (tertiary/aromatic N) is 1. The first-order valence-electron chi connectivity index (χ1n) is 12.8. The molecule has 7 nitrogen and oxygen atoms in total. The van der Waals surface area contributed by atoms with E-state index in [1.165, 1.54) is 25.3 Å². The molecule has 0 aliphatic carbocycles. The summed E-state index contributed by atoms with van der Waals surface area (Å²) in [5, 5.41) is 5.34. The molecule has 0 bridgehead atoms. The highest BCUT2D eigenvalue weighted by Gasteiger charge is 2.33. The number of ether oxygens (including phenoxy) is 1. The van der Waals surface area contributed by atoms with Crippen molar-refractivity contribution in [3.05, 3.63) is 126 Å². The van der Waals surface area contributed by atoms with Gasteiger partial charge >= 0.3 is 6.18 Å². The Labute approximate surface area is 239 Å². The number of aromatic nitrogens is 1. The molecular formula is C32H24F3N3O4. The number of alkyl halides is 3. The monoisotopic (exact) mass is 571 g/mol. The van der Waals surface area contributed by atoms with Gasteiger partial charge in [-0.05, 0) is 60.2 Å². The minimum atomic E-state index is -4.57. The summed E-state index contributed by atoms with van der Waals surface area (Å²) in [7, 11) is 1.48. The summed E-state index contributed by atoms with van der Waals surface area (Å²) in [4.78, 5) is 30.4. The van der Waals surface area contributed by atoms with Crippen LogP contribution in [0.5, 0.6) is 5.75 Å². The fourth-order valence-corrected chi connectivity index (χ4v) is 4.32. The molecule has 42 heavy (non-hydrogen) atoms. The number of anilines is 1. The first kappa shape index (κ1) is 28.2. The molecule has 0 spiro atoms. The first-order valence-corrected chi connectivity index (χ1v) is 12.8. The second-order valence-corrected chi connectivity index (χ2v) is 9.13. The molecule has 0 fully saturated rings. The van der Waals surface area contributed by atoms with Crippen molar-refractivity contribution in [1.29, 1.82) is 0 Å². The van der Waals surface area contributed by atoms with E-state index in [1.54, 1.807) is 72.8 Å². The van der Waals surface area contributed by atoms with Gasteiger partial charge in [0.1, 0.15) is 5.75 Å². The SMILES string of the molecule is COc1ccccc1C(=O)Nc1ccc(-c2oc(-c3ccccc3)nc2C(=O)NCc2ccccc2C(F)(F)F)cc1. The summed E-state index contributed by atoms with van der Waals surface area (Å²) in [6, 6.07) is 27.3. The molecule has 10 heteroatoms. The van der Waals surface area contributed by atoms with E-state index in [4.69, 9.17) is 9.15 Å². The second-order valence-electron chi connectivity index (χ2n) is 9.13. The van der Waals surface area contributed by atoms with E-state index < -0.39 is 17.6 Å². The number of hydrogen-bond donors (Lipinski definition) is 2. The average molecular weight is 572 g/mol. The smallest absolute Gasteiger partial charge is 0.416 e. The highest BCUT2D eigenvalue weighted by molar-refractivity contribution is 6.06. The van der Waals surface area contributed by atoms with Gasteiger partial charge in [0, 0.05) is 23.4 Å². The number of rotatable bonds is 8. The van der Waals surface area contributed by atoms with Gasteiger partial charge in [0.15, 0.2) is 11.5 Å². The van der Waals surface area contributed by atoms with Gasteiger partial charge in [-0.2, -0.15) is 13.2 Å². The van der Waals surface area contributed by atoms with Crippen LogP contribution in [0.4, 0.5) is 18.9 Å². The quantitative estimate of drug-likeness (QED) is 0.205. The second kappa shape index (κ2) is 12.0. The van der Waals surface area contributed by atoms with E-state index in [0.717, 1.165) is 6.07 Å². The van der Waals surface area contributed by atoms with Gasteiger partial charge in [0.25, 0.3) is 11.8 Å². The lowest BCUT2D eigenvalue weighted by molar-refractivity contribution is -0.138. The molecule has 212 valence electrons. The summed E-state index contributed by atoms with van der Waals surface area (Å²) < 4.78 is 51.6. The maximum atomic E-state index is 13.4. The van der Waals surface area contributed by atoms with Crippen molar-refractivity contribution in [3.8, 4) is 28.5 Å². The summed E-state index contributed by atoms with van der Waals surface area (Å²) in [5.41, 5.74) is 0.916. The molecule has 2 amide bonds. The van der Waals surface area contributed by atoms with E-state index >= 15 is 0 Å². The predicted octanol–water partition coefficient (Wildman–Crippen LogP) is 7.22. The van der Waals surface area contributed by atoms with E-state index in [-0.39, 0.29) is 35.4 Å². The van der Waals surface area contributed by atoms with E-state index in [9.17, 15) is 22.8 Å². The number of carbonyl (C=O) groups excluding carboxylic acids is 2. The average Bonchev–Trinajstić information content (AvgIpc) is 3.46. The fraction of sp³-hybridized carbons (Fsp3) is 0.0938. The number of carbonyl (C=O) groups is 2. The molecule has 4 aromatic carbocycles. The third kappa shape index (κ3) is 6.17. The van der Waals surface area contributed by atoms with E-state index in [1.807, 2.05) is 6.07 Å². The lowest BCUT2D eigenvalue weighted by atomic mass is 10.1. The van der Waals surface area contributed by atoms with E-state index in [0.29, 0.717) is 28.1 Å². The Morgan fingerprint density at radius 3 is 2.19 bits per heavy atom. The first-order chi connectivity index (χ1) is 20.2. The topological polar surface area (TPSA) is 93.5 Å². The van der Waals surface area contributed by atoms with Crippen molar-refractivity contribution >= 4 is 17.5 Å². The normalized spacial score (nSPS) is 11.1. The van der Waals surface area contributed by atoms with Crippen LogP contribution in [-0.2, 0) is 12.7 Å². The zero-order chi connectivity index (χ0) is 29.7. The van der Waals surface area contributed by atoms with Gasteiger partial charge in [-0.25, -0.2) is 4.98 Å². The van der Waals surface area contributed by atoms with Crippen molar-refractivity contribution in [2.24, 2.45) is 0 Å². The zero-order valence-corrected chi connectivity index (χ0v) is 22.2. The Bertz CT molecular complexity index is 1720. The van der Waals surface area contributed by atoms with Gasteiger partial charge in [-0.15, -0.1) is 0 Å².